The molecule has 3 rings (SSSR count). The second-order valence-electron chi connectivity index (χ2n) is 6.28. The lowest BCUT2D eigenvalue weighted by Gasteiger charge is -2.15. The number of hydrogen-bond acceptors (Lipinski definition) is 5. The Bertz CT molecular complexity index is 1020. The van der Waals surface area contributed by atoms with Gasteiger partial charge < -0.3 is 10.3 Å². The van der Waals surface area contributed by atoms with Crippen LogP contribution >= 0.6 is 0 Å². The largest absolute Gasteiger partial charge is 0.345 e. The zero-order chi connectivity index (χ0) is 19.6. The van der Waals surface area contributed by atoms with E-state index in [9.17, 15) is 9.59 Å². The van der Waals surface area contributed by atoms with E-state index in [0.29, 0.717) is 11.5 Å². The molecule has 0 aliphatic rings. The molecule has 3 aromatic rings. The maximum atomic E-state index is 12.6. The molecule has 0 radical (unpaired) electrons. The maximum absolute atomic E-state index is 12.6. The average molecular weight is 366 g/mol. The molecule has 0 unspecified atom stereocenters. The van der Waals surface area contributed by atoms with Crippen molar-refractivity contribution in [3.8, 4) is 11.5 Å². The van der Waals surface area contributed by atoms with Gasteiger partial charge in [0, 0.05) is 30.2 Å². The minimum atomic E-state index is -0.506. The van der Waals surface area contributed by atoms with Gasteiger partial charge in [-0.2, -0.15) is 5.10 Å². The van der Waals surface area contributed by atoms with Crippen molar-refractivity contribution >= 4 is 5.91 Å². The molecule has 0 bridgehead atoms. The second-order valence-corrected chi connectivity index (χ2v) is 6.28. The van der Waals surface area contributed by atoms with E-state index in [0.717, 1.165) is 23.5 Å². The number of nitrogens with one attached hydrogen (secondary N) is 2. The number of hydrogen-bond donors (Lipinski definition) is 2. The number of amides is 1. The van der Waals surface area contributed by atoms with E-state index >= 15 is 0 Å². The van der Waals surface area contributed by atoms with Crippen molar-refractivity contribution in [1.29, 1.82) is 0 Å². The van der Waals surface area contributed by atoms with Crippen LogP contribution in [0.3, 0.4) is 0 Å². The molecule has 1 amide bonds. The Kier molecular flexibility index (Phi) is 5.16. The summed E-state index contributed by atoms with van der Waals surface area (Å²) >= 11 is 0. The van der Waals surface area contributed by atoms with Crippen molar-refractivity contribution in [2.45, 2.75) is 40.3 Å². The Balaban J connectivity index is 1.82. The summed E-state index contributed by atoms with van der Waals surface area (Å²) in [6.45, 7) is 8.52. The quantitative estimate of drug-likeness (QED) is 0.720. The fourth-order valence-corrected chi connectivity index (χ4v) is 3.18. The van der Waals surface area contributed by atoms with Crippen molar-refractivity contribution in [2.24, 2.45) is 0 Å². The van der Waals surface area contributed by atoms with Crippen LogP contribution in [0.2, 0.25) is 0 Å². The number of rotatable bonds is 5. The molecule has 8 heteroatoms. The fraction of sp³-hybridized carbons (Fsp3) is 0.316. The van der Waals surface area contributed by atoms with E-state index < -0.39 is 11.5 Å². The molecule has 27 heavy (non-hydrogen) atoms. The lowest BCUT2D eigenvalue weighted by Crippen LogP contribution is -2.32. The first-order chi connectivity index (χ1) is 12.9. The highest BCUT2D eigenvalue weighted by Gasteiger charge is 2.21. The number of carbonyl (C=O) groups excluding carboxylic acids is 1. The van der Waals surface area contributed by atoms with Crippen LogP contribution in [0.4, 0.5) is 0 Å². The first kappa shape index (κ1) is 18.5. The molecule has 0 saturated carbocycles. The highest BCUT2D eigenvalue weighted by Crippen LogP contribution is 2.21. The number of aromatic amines is 1. The van der Waals surface area contributed by atoms with Crippen molar-refractivity contribution in [3.63, 3.8) is 0 Å². The molecule has 0 spiro atoms. The molecule has 3 aromatic heterocycles. The number of aromatic nitrogens is 5. The molecule has 0 aliphatic carbocycles. The van der Waals surface area contributed by atoms with Crippen molar-refractivity contribution in [2.75, 3.05) is 0 Å². The van der Waals surface area contributed by atoms with Gasteiger partial charge in [0.05, 0.1) is 11.7 Å². The van der Waals surface area contributed by atoms with E-state index in [2.05, 4.69) is 25.4 Å². The van der Waals surface area contributed by atoms with Crippen LogP contribution in [0.1, 0.15) is 47.2 Å². The van der Waals surface area contributed by atoms with E-state index in [1.807, 2.05) is 32.4 Å². The monoisotopic (exact) mass is 366 g/mol. The topological polar surface area (TPSA) is 106 Å². The van der Waals surface area contributed by atoms with Crippen LogP contribution in [0.15, 0.2) is 35.4 Å². The summed E-state index contributed by atoms with van der Waals surface area (Å²) in [5, 5.41) is 7.33. The first-order valence-electron chi connectivity index (χ1n) is 8.77. The molecular formula is C19H22N6O2. The predicted molar refractivity (Wildman–Crippen MR) is 101 cm³/mol. The molecular weight excluding hydrogens is 344 g/mol. The van der Waals surface area contributed by atoms with Crippen LogP contribution in [-0.4, -0.2) is 30.6 Å². The average Bonchev–Trinajstić information content (AvgIpc) is 2.95. The van der Waals surface area contributed by atoms with Gasteiger partial charge in [-0.05, 0) is 39.8 Å². The van der Waals surface area contributed by atoms with Crippen LogP contribution in [0.5, 0.6) is 0 Å². The molecule has 0 fully saturated rings. The smallest absolute Gasteiger partial charge is 0.264 e. The molecule has 2 N–H and O–H groups in total. The molecule has 140 valence electrons. The minimum Gasteiger partial charge on any atom is -0.345 e. The second kappa shape index (κ2) is 7.53. The van der Waals surface area contributed by atoms with Gasteiger partial charge in [0.15, 0.2) is 5.82 Å². The predicted octanol–water partition coefficient (Wildman–Crippen LogP) is 2.16. The number of H-pyrrole nitrogens is 1. The van der Waals surface area contributed by atoms with E-state index in [1.54, 1.807) is 24.4 Å². The van der Waals surface area contributed by atoms with Gasteiger partial charge in [-0.25, -0.2) is 4.98 Å². The van der Waals surface area contributed by atoms with Gasteiger partial charge in [-0.3, -0.25) is 19.3 Å². The number of carbonyl (C=O) groups is 1. The lowest BCUT2D eigenvalue weighted by molar-refractivity contribution is 0.0938. The summed E-state index contributed by atoms with van der Waals surface area (Å²) in [5.41, 5.74) is 2.81. The van der Waals surface area contributed by atoms with Crippen LogP contribution in [0.25, 0.3) is 11.5 Å². The maximum Gasteiger partial charge on any atom is 0.264 e. The SMILES string of the molecule is CCn1nc(C)c([C@@H](C)NC(=O)c2cnc(-c3ccccn3)[nH]c2=O)c1C. The summed E-state index contributed by atoms with van der Waals surface area (Å²) in [4.78, 5) is 35.9. The van der Waals surface area contributed by atoms with E-state index in [4.69, 9.17) is 0 Å². The Morgan fingerprint density at radius 3 is 2.67 bits per heavy atom. The normalized spacial score (nSPS) is 12.0. The zero-order valence-electron chi connectivity index (χ0n) is 15.8. The highest BCUT2D eigenvalue weighted by atomic mass is 16.2. The van der Waals surface area contributed by atoms with Gasteiger partial charge in [0.25, 0.3) is 11.5 Å². The minimum absolute atomic E-state index is 0.0419. The molecule has 0 saturated heterocycles. The van der Waals surface area contributed by atoms with Crippen LogP contribution in [0, 0.1) is 13.8 Å². The number of nitrogens with zero attached hydrogens (tertiary/aromatic N) is 4. The highest BCUT2D eigenvalue weighted by molar-refractivity contribution is 5.93. The summed E-state index contributed by atoms with van der Waals surface area (Å²) in [6.07, 6.45) is 2.89. The van der Waals surface area contributed by atoms with Gasteiger partial charge in [-0.1, -0.05) is 6.07 Å². The Labute approximate surface area is 156 Å². The Morgan fingerprint density at radius 2 is 2.07 bits per heavy atom. The molecule has 0 aromatic carbocycles. The van der Waals surface area contributed by atoms with Crippen molar-refractivity contribution in [1.82, 2.24) is 30.0 Å². The Morgan fingerprint density at radius 1 is 1.30 bits per heavy atom. The van der Waals surface area contributed by atoms with Gasteiger partial charge in [0.2, 0.25) is 0 Å². The van der Waals surface area contributed by atoms with Gasteiger partial charge in [-0.15, -0.1) is 0 Å². The third-order valence-electron chi connectivity index (χ3n) is 4.47. The van der Waals surface area contributed by atoms with E-state index in [1.165, 1.54) is 6.20 Å². The number of aryl methyl sites for hydroxylation is 2. The third kappa shape index (κ3) is 3.64. The van der Waals surface area contributed by atoms with Crippen molar-refractivity contribution < 1.29 is 4.79 Å². The van der Waals surface area contributed by atoms with Crippen LogP contribution in [-0.2, 0) is 6.54 Å². The van der Waals surface area contributed by atoms with Crippen molar-refractivity contribution in [3.05, 3.63) is 63.5 Å². The summed E-state index contributed by atoms with van der Waals surface area (Å²) in [6, 6.07) is 5.02. The summed E-state index contributed by atoms with van der Waals surface area (Å²) in [7, 11) is 0. The summed E-state index contributed by atoms with van der Waals surface area (Å²) < 4.78 is 1.89. The number of pyridine rings is 1. The van der Waals surface area contributed by atoms with Gasteiger partial charge in [0.1, 0.15) is 11.3 Å². The van der Waals surface area contributed by atoms with Gasteiger partial charge >= 0.3 is 0 Å². The van der Waals surface area contributed by atoms with Crippen LogP contribution < -0.4 is 10.9 Å². The standard InChI is InChI=1S/C19H22N6O2/c1-5-25-13(4)16(12(3)24-25)11(2)22-18(26)14-10-21-17(23-19(14)27)15-8-6-7-9-20-15/h6-11H,5H2,1-4H3,(H,22,26)(H,21,23,27)/t11-/m1/s1. The molecule has 1 atom stereocenters. The summed E-state index contributed by atoms with van der Waals surface area (Å²) in [5.74, 6) is -0.159. The molecule has 3 heterocycles. The van der Waals surface area contributed by atoms with E-state index in [-0.39, 0.29) is 11.6 Å². The molecule has 0 aliphatic heterocycles. The molecule has 8 nitrogen and oxygen atoms in total. The third-order valence-corrected chi connectivity index (χ3v) is 4.47. The lowest BCUT2D eigenvalue weighted by atomic mass is 10.1. The zero-order valence-corrected chi connectivity index (χ0v) is 15.8. The Hall–Kier alpha value is -3.29. The first-order valence-corrected chi connectivity index (χ1v) is 8.77. The fourth-order valence-electron chi connectivity index (χ4n) is 3.18.